The van der Waals surface area contributed by atoms with E-state index >= 15 is 0 Å². The average Bonchev–Trinajstić information content (AvgIpc) is 2.82. The van der Waals surface area contributed by atoms with Gasteiger partial charge >= 0.3 is 0 Å². The van der Waals surface area contributed by atoms with Crippen molar-refractivity contribution in [3.05, 3.63) is 24.0 Å². The molecule has 4 nitrogen and oxygen atoms in total. The average molecular weight is 265 g/mol. The van der Waals surface area contributed by atoms with Crippen LogP contribution in [0.1, 0.15) is 25.0 Å². The third-order valence-electron chi connectivity index (χ3n) is 4.29. The second kappa shape index (κ2) is 7.08. The molecule has 1 aliphatic rings. The van der Waals surface area contributed by atoms with Gasteiger partial charge in [0.05, 0.1) is 0 Å². The molecular formula is C15H27N3O. The Morgan fingerprint density at radius 2 is 2.11 bits per heavy atom. The minimum Gasteiger partial charge on any atom is -0.396 e. The van der Waals surface area contributed by atoms with Gasteiger partial charge in [-0.15, -0.1) is 0 Å². The summed E-state index contributed by atoms with van der Waals surface area (Å²) in [6, 6.07) is 5.01. The molecule has 0 aliphatic carbocycles. The number of aliphatic hydroxyl groups excluding tert-OH is 1. The van der Waals surface area contributed by atoms with Gasteiger partial charge in [0.15, 0.2) is 0 Å². The van der Waals surface area contributed by atoms with Crippen LogP contribution in [-0.4, -0.2) is 58.8 Å². The van der Waals surface area contributed by atoms with Crippen LogP contribution in [0.4, 0.5) is 0 Å². The molecule has 1 aliphatic heterocycles. The van der Waals surface area contributed by atoms with Gasteiger partial charge in [0, 0.05) is 57.8 Å². The number of hydrogen-bond acceptors (Lipinski definition) is 3. The van der Waals surface area contributed by atoms with E-state index < -0.39 is 0 Å². The number of aromatic nitrogens is 1. The Balaban J connectivity index is 1.74. The Hall–Kier alpha value is -0.840. The number of piperidine rings is 1. The molecule has 2 heterocycles. The van der Waals surface area contributed by atoms with E-state index in [-0.39, 0.29) is 0 Å². The number of aryl methyl sites for hydroxylation is 1. The van der Waals surface area contributed by atoms with Gasteiger partial charge in [-0.2, -0.15) is 0 Å². The van der Waals surface area contributed by atoms with Gasteiger partial charge in [-0.1, -0.05) is 0 Å². The summed E-state index contributed by atoms with van der Waals surface area (Å²) in [5.41, 5.74) is 1.40. The van der Waals surface area contributed by atoms with Crippen LogP contribution in [0, 0.1) is 0 Å². The van der Waals surface area contributed by atoms with Crippen LogP contribution in [0.2, 0.25) is 0 Å². The highest BCUT2D eigenvalue weighted by molar-refractivity contribution is 5.06. The number of nitrogens with zero attached hydrogens (tertiary/aromatic N) is 3. The zero-order chi connectivity index (χ0) is 13.7. The molecular weight excluding hydrogens is 238 g/mol. The maximum Gasteiger partial charge on any atom is 0.0443 e. The van der Waals surface area contributed by atoms with Crippen LogP contribution < -0.4 is 0 Å². The summed E-state index contributed by atoms with van der Waals surface area (Å²) in [5.74, 6) is 0. The minimum atomic E-state index is 0.302. The van der Waals surface area contributed by atoms with Crippen molar-refractivity contribution in [2.75, 3.05) is 33.3 Å². The molecule has 0 atom stereocenters. The van der Waals surface area contributed by atoms with Crippen molar-refractivity contribution in [1.29, 1.82) is 0 Å². The van der Waals surface area contributed by atoms with E-state index in [2.05, 4.69) is 46.8 Å². The Bertz CT molecular complexity index is 369. The lowest BCUT2D eigenvalue weighted by molar-refractivity contribution is 0.116. The summed E-state index contributed by atoms with van der Waals surface area (Å²) in [5, 5.41) is 8.89. The number of hydrogen-bond donors (Lipinski definition) is 1. The number of likely N-dealkylation sites (tertiary alicyclic amines) is 1. The fourth-order valence-electron chi connectivity index (χ4n) is 2.91. The maximum atomic E-state index is 8.89. The molecule has 0 spiro atoms. The lowest BCUT2D eigenvalue weighted by atomic mass is 10.0. The fourth-order valence-corrected chi connectivity index (χ4v) is 2.91. The Morgan fingerprint density at radius 1 is 1.37 bits per heavy atom. The third kappa shape index (κ3) is 4.06. The first-order chi connectivity index (χ1) is 9.20. The van der Waals surface area contributed by atoms with Crippen molar-refractivity contribution in [2.45, 2.75) is 31.8 Å². The molecule has 1 fully saturated rings. The lowest BCUT2D eigenvalue weighted by Crippen LogP contribution is -2.43. The standard InChI is InChI=1S/C15H27N3O/c1-16(9-4-12-19)14-6-10-18(11-7-14)13-15-5-3-8-17(15)2/h3,5,8,14,19H,4,6-7,9-13H2,1-2H3. The van der Waals surface area contributed by atoms with Gasteiger partial charge in [-0.05, 0) is 38.4 Å². The highest BCUT2D eigenvalue weighted by Crippen LogP contribution is 2.17. The predicted molar refractivity (Wildman–Crippen MR) is 78.0 cm³/mol. The van der Waals surface area contributed by atoms with Crippen LogP contribution in [0.3, 0.4) is 0 Å². The smallest absolute Gasteiger partial charge is 0.0443 e. The summed E-state index contributed by atoms with van der Waals surface area (Å²) in [6.45, 7) is 4.74. The van der Waals surface area contributed by atoms with Crippen molar-refractivity contribution in [3.8, 4) is 0 Å². The van der Waals surface area contributed by atoms with Crippen LogP contribution in [-0.2, 0) is 13.6 Å². The molecule has 1 N–H and O–H groups in total. The molecule has 0 amide bonds. The molecule has 0 saturated carbocycles. The molecule has 4 heteroatoms. The van der Waals surface area contributed by atoms with Crippen LogP contribution in [0.5, 0.6) is 0 Å². The van der Waals surface area contributed by atoms with Crippen molar-refractivity contribution < 1.29 is 5.11 Å². The first kappa shape index (κ1) is 14.6. The molecule has 0 bridgehead atoms. The first-order valence-corrected chi connectivity index (χ1v) is 7.34. The van der Waals surface area contributed by atoms with Crippen molar-refractivity contribution in [2.24, 2.45) is 7.05 Å². The van der Waals surface area contributed by atoms with Crippen molar-refractivity contribution in [1.82, 2.24) is 14.4 Å². The Kier molecular flexibility index (Phi) is 5.43. The van der Waals surface area contributed by atoms with Crippen LogP contribution >= 0.6 is 0 Å². The topological polar surface area (TPSA) is 31.6 Å². The molecule has 2 rings (SSSR count). The molecule has 0 aromatic carbocycles. The maximum absolute atomic E-state index is 8.89. The number of rotatable bonds is 6. The minimum absolute atomic E-state index is 0.302. The van der Waals surface area contributed by atoms with E-state index in [9.17, 15) is 0 Å². The quantitative estimate of drug-likeness (QED) is 0.841. The second-order valence-corrected chi connectivity index (χ2v) is 5.68. The molecule has 1 saturated heterocycles. The molecule has 0 radical (unpaired) electrons. The summed E-state index contributed by atoms with van der Waals surface area (Å²) < 4.78 is 2.21. The van der Waals surface area contributed by atoms with Crippen LogP contribution in [0.25, 0.3) is 0 Å². The normalized spacial score (nSPS) is 18.3. The van der Waals surface area contributed by atoms with E-state index in [1.54, 1.807) is 0 Å². The van der Waals surface area contributed by atoms with Gasteiger partial charge < -0.3 is 14.6 Å². The summed E-state index contributed by atoms with van der Waals surface area (Å²) in [4.78, 5) is 4.96. The summed E-state index contributed by atoms with van der Waals surface area (Å²) in [7, 11) is 4.30. The van der Waals surface area contributed by atoms with E-state index in [0.29, 0.717) is 12.6 Å². The second-order valence-electron chi connectivity index (χ2n) is 5.68. The monoisotopic (exact) mass is 265 g/mol. The summed E-state index contributed by atoms with van der Waals surface area (Å²) in [6.07, 6.45) is 5.49. The third-order valence-corrected chi connectivity index (χ3v) is 4.29. The lowest BCUT2D eigenvalue weighted by Gasteiger charge is -2.36. The van der Waals surface area contributed by atoms with Gasteiger partial charge in [-0.25, -0.2) is 0 Å². The predicted octanol–water partition coefficient (Wildman–Crippen LogP) is 1.30. The molecule has 1 aromatic heterocycles. The largest absolute Gasteiger partial charge is 0.396 e. The van der Waals surface area contributed by atoms with Gasteiger partial charge in [0.25, 0.3) is 0 Å². The van der Waals surface area contributed by atoms with Gasteiger partial charge in [0.2, 0.25) is 0 Å². The highest BCUT2D eigenvalue weighted by Gasteiger charge is 2.22. The SMILES string of the molecule is CN(CCCO)C1CCN(Cc2cccn2C)CC1. The van der Waals surface area contributed by atoms with Crippen LogP contribution in [0.15, 0.2) is 18.3 Å². The Labute approximate surface area is 116 Å². The first-order valence-electron chi connectivity index (χ1n) is 7.34. The van der Waals surface area contributed by atoms with E-state index in [4.69, 9.17) is 5.11 Å². The molecule has 0 unspecified atom stereocenters. The van der Waals surface area contributed by atoms with Gasteiger partial charge in [0.1, 0.15) is 0 Å². The van der Waals surface area contributed by atoms with E-state index in [1.165, 1.54) is 31.6 Å². The summed E-state index contributed by atoms with van der Waals surface area (Å²) >= 11 is 0. The Morgan fingerprint density at radius 3 is 2.68 bits per heavy atom. The molecule has 1 aromatic rings. The van der Waals surface area contributed by atoms with Crippen molar-refractivity contribution in [3.63, 3.8) is 0 Å². The van der Waals surface area contributed by atoms with Gasteiger partial charge in [-0.3, -0.25) is 4.90 Å². The zero-order valence-electron chi connectivity index (χ0n) is 12.3. The zero-order valence-corrected chi connectivity index (χ0v) is 12.3. The van der Waals surface area contributed by atoms with E-state index in [0.717, 1.165) is 19.5 Å². The molecule has 108 valence electrons. The fraction of sp³-hybridized carbons (Fsp3) is 0.733. The van der Waals surface area contributed by atoms with E-state index in [1.807, 2.05) is 0 Å². The van der Waals surface area contributed by atoms with Crippen molar-refractivity contribution >= 4 is 0 Å². The number of aliphatic hydroxyl groups is 1. The molecule has 19 heavy (non-hydrogen) atoms. The highest BCUT2D eigenvalue weighted by atomic mass is 16.3.